The molecule has 1 heterocycles. The molecule has 0 radical (unpaired) electrons. The van der Waals surface area contributed by atoms with Crippen molar-refractivity contribution in [2.75, 3.05) is 0 Å². The van der Waals surface area contributed by atoms with Gasteiger partial charge in [-0.25, -0.2) is 4.98 Å². The highest BCUT2D eigenvalue weighted by atomic mass is 127. The van der Waals surface area contributed by atoms with Crippen molar-refractivity contribution in [2.24, 2.45) is 0 Å². The minimum Gasteiger partial charge on any atom is -0.338 e. The minimum absolute atomic E-state index is 0.494. The molecular weight excluding hydrogens is 417 g/mol. The van der Waals surface area contributed by atoms with Crippen LogP contribution in [0.4, 0.5) is 0 Å². The SMILES string of the molecule is Clc1ccc(I)c(-c2nc3cc(Cl)c(Cl)cc3[nH]2)c1. The third kappa shape index (κ3) is 2.57. The van der Waals surface area contributed by atoms with E-state index < -0.39 is 0 Å². The Morgan fingerprint density at radius 2 is 1.74 bits per heavy atom. The molecule has 0 spiro atoms. The molecule has 0 aliphatic heterocycles. The van der Waals surface area contributed by atoms with Crippen LogP contribution >= 0.6 is 57.4 Å². The molecule has 2 nitrogen and oxygen atoms in total. The van der Waals surface area contributed by atoms with E-state index in [4.69, 9.17) is 34.8 Å². The number of imidazole rings is 1. The maximum atomic E-state index is 6.03. The average molecular weight is 423 g/mol. The Hall–Kier alpha value is -0.490. The molecule has 6 heteroatoms. The Kier molecular flexibility index (Phi) is 3.64. The molecule has 3 aromatic rings. The Labute approximate surface area is 138 Å². The van der Waals surface area contributed by atoms with Gasteiger partial charge in [0, 0.05) is 14.2 Å². The van der Waals surface area contributed by atoms with E-state index in [0.717, 1.165) is 26.0 Å². The van der Waals surface area contributed by atoms with E-state index in [1.165, 1.54) is 0 Å². The minimum atomic E-state index is 0.494. The summed E-state index contributed by atoms with van der Waals surface area (Å²) in [4.78, 5) is 7.76. The number of halogens is 4. The quantitative estimate of drug-likeness (QED) is 0.493. The first-order chi connectivity index (χ1) is 9.04. The lowest BCUT2D eigenvalue weighted by Crippen LogP contribution is -1.84. The summed E-state index contributed by atoms with van der Waals surface area (Å²) >= 11 is 20.3. The zero-order chi connectivity index (χ0) is 13.6. The van der Waals surface area contributed by atoms with Crippen LogP contribution in [0.3, 0.4) is 0 Å². The second-order valence-electron chi connectivity index (χ2n) is 3.99. The van der Waals surface area contributed by atoms with E-state index in [2.05, 4.69) is 32.6 Å². The Bertz CT molecular complexity index is 744. The summed E-state index contributed by atoms with van der Waals surface area (Å²) in [5, 5.41) is 1.67. The maximum Gasteiger partial charge on any atom is 0.139 e. The van der Waals surface area contributed by atoms with Gasteiger partial charge in [0.15, 0.2) is 0 Å². The Morgan fingerprint density at radius 1 is 1.00 bits per heavy atom. The van der Waals surface area contributed by atoms with E-state index in [0.29, 0.717) is 15.1 Å². The molecule has 0 fully saturated rings. The lowest BCUT2D eigenvalue weighted by molar-refractivity contribution is 1.33. The van der Waals surface area contributed by atoms with Crippen LogP contribution in [-0.2, 0) is 0 Å². The summed E-state index contributed by atoms with van der Waals surface area (Å²) in [7, 11) is 0. The summed E-state index contributed by atoms with van der Waals surface area (Å²) in [6.45, 7) is 0. The zero-order valence-electron chi connectivity index (χ0n) is 9.35. The van der Waals surface area contributed by atoms with E-state index in [9.17, 15) is 0 Å². The molecule has 1 N–H and O–H groups in total. The highest BCUT2D eigenvalue weighted by Gasteiger charge is 2.11. The molecule has 19 heavy (non-hydrogen) atoms. The van der Waals surface area contributed by atoms with Crippen molar-refractivity contribution in [3.8, 4) is 11.4 Å². The lowest BCUT2D eigenvalue weighted by Gasteiger charge is -2.01. The van der Waals surface area contributed by atoms with Crippen LogP contribution in [-0.4, -0.2) is 9.97 Å². The van der Waals surface area contributed by atoms with Crippen molar-refractivity contribution in [3.05, 3.63) is 49.0 Å². The second kappa shape index (κ2) is 5.13. The van der Waals surface area contributed by atoms with E-state index >= 15 is 0 Å². The molecule has 96 valence electrons. The van der Waals surface area contributed by atoms with E-state index in [1.807, 2.05) is 18.2 Å². The molecule has 0 saturated carbocycles. The first-order valence-corrected chi connectivity index (χ1v) is 7.56. The number of nitrogens with one attached hydrogen (secondary N) is 1. The predicted molar refractivity (Wildman–Crippen MR) is 89.3 cm³/mol. The smallest absolute Gasteiger partial charge is 0.139 e. The van der Waals surface area contributed by atoms with Crippen molar-refractivity contribution < 1.29 is 0 Å². The number of hydrogen-bond acceptors (Lipinski definition) is 1. The van der Waals surface area contributed by atoms with Gasteiger partial charge in [-0.3, -0.25) is 0 Å². The maximum absolute atomic E-state index is 6.03. The fourth-order valence-electron chi connectivity index (χ4n) is 1.81. The van der Waals surface area contributed by atoms with Crippen LogP contribution in [0, 0.1) is 3.57 Å². The average Bonchev–Trinajstić information content (AvgIpc) is 2.75. The number of H-pyrrole nitrogens is 1. The van der Waals surface area contributed by atoms with Gasteiger partial charge in [0.1, 0.15) is 5.82 Å². The molecule has 0 saturated heterocycles. The van der Waals surface area contributed by atoms with Crippen LogP contribution in [0.1, 0.15) is 0 Å². The zero-order valence-corrected chi connectivity index (χ0v) is 13.8. The highest BCUT2D eigenvalue weighted by molar-refractivity contribution is 14.1. The van der Waals surface area contributed by atoms with Gasteiger partial charge in [-0.2, -0.15) is 0 Å². The fourth-order valence-corrected chi connectivity index (χ4v) is 2.90. The van der Waals surface area contributed by atoms with Gasteiger partial charge >= 0.3 is 0 Å². The van der Waals surface area contributed by atoms with Crippen LogP contribution in [0.15, 0.2) is 30.3 Å². The summed E-state index contributed by atoms with van der Waals surface area (Å²) < 4.78 is 1.07. The molecular formula is C13H6Cl3IN2. The highest BCUT2D eigenvalue weighted by Crippen LogP contribution is 2.31. The second-order valence-corrected chi connectivity index (χ2v) is 6.41. The lowest BCUT2D eigenvalue weighted by atomic mass is 10.2. The first kappa shape index (κ1) is 13.5. The number of hydrogen-bond donors (Lipinski definition) is 1. The molecule has 3 rings (SSSR count). The molecule has 0 amide bonds. The van der Waals surface area contributed by atoms with Gasteiger partial charge in [-0.15, -0.1) is 0 Å². The van der Waals surface area contributed by atoms with Crippen molar-refractivity contribution in [1.82, 2.24) is 9.97 Å². The third-order valence-electron chi connectivity index (χ3n) is 2.71. The van der Waals surface area contributed by atoms with Crippen molar-refractivity contribution in [3.63, 3.8) is 0 Å². The molecule has 0 aliphatic carbocycles. The molecule has 0 aliphatic rings. The Morgan fingerprint density at radius 3 is 2.53 bits per heavy atom. The summed E-state index contributed by atoms with van der Waals surface area (Å²) in [6.07, 6.45) is 0. The van der Waals surface area contributed by atoms with Gasteiger partial charge in [0.05, 0.1) is 21.1 Å². The molecule has 2 aromatic carbocycles. The monoisotopic (exact) mass is 422 g/mol. The number of rotatable bonds is 1. The first-order valence-electron chi connectivity index (χ1n) is 5.35. The molecule has 0 bridgehead atoms. The molecule has 0 atom stereocenters. The van der Waals surface area contributed by atoms with Crippen molar-refractivity contribution >= 4 is 68.4 Å². The van der Waals surface area contributed by atoms with Gasteiger partial charge in [0.2, 0.25) is 0 Å². The van der Waals surface area contributed by atoms with Gasteiger partial charge in [0.25, 0.3) is 0 Å². The van der Waals surface area contributed by atoms with Crippen LogP contribution in [0.5, 0.6) is 0 Å². The molecule has 0 unspecified atom stereocenters. The van der Waals surface area contributed by atoms with Crippen LogP contribution in [0.2, 0.25) is 15.1 Å². The standard InChI is InChI=1S/C13H6Cl3IN2/c14-6-1-2-10(17)7(3-6)13-18-11-4-8(15)9(16)5-12(11)19-13/h1-5H,(H,18,19). The Balaban J connectivity index is 2.23. The summed E-state index contributed by atoms with van der Waals surface area (Å²) in [5.74, 6) is 0.750. The van der Waals surface area contributed by atoms with Crippen LogP contribution in [0.25, 0.3) is 22.4 Å². The number of fused-ring (bicyclic) bond motifs is 1. The van der Waals surface area contributed by atoms with Gasteiger partial charge < -0.3 is 4.98 Å². The third-order valence-corrected chi connectivity index (χ3v) is 4.61. The van der Waals surface area contributed by atoms with Crippen molar-refractivity contribution in [1.29, 1.82) is 0 Å². The predicted octanol–water partition coefficient (Wildman–Crippen LogP) is 5.79. The fraction of sp³-hybridized carbons (Fsp3) is 0. The van der Waals surface area contributed by atoms with E-state index in [1.54, 1.807) is 12.1 Å². The normalized spacial score (nSPS) is 11.2. The van der Waals surface area contributed by atoms with E-state index in [-0.39, 0.29) is 0 Å². The number of nitrogens with zero attached hydrogens (tertiary/aromatic N) is 1. The number of aromatic nitrogens is 2. The largest absolute Gasteiger partial charge is 0.338 e. The topological polar surface area (TPSA) is 28.7 Å². The van der Waals surface area contributed by atoms with Gasteiger partial charge in [-0.1, -0.05) is 34.8 Å². The number of aromatic amines is 1. The van der Waals surface area contributed by atoms with Crippen molar-refractivity contribution in [2.45, 2.75) is 0 Å². The number of benzene rings is 2. The molecule has 1 aromatic heterocycles. The summed E-state index contributed by atoms with van der Waals surface area (Å²) in [5.41, 5.74) is 2.58. The van der Waals surface area contributed by atoms with Gasteiger partial charge in [-0.05, 0) is 52.9 Å². The summed E-state index contributed by atoms with van der Waals surface area (Å²) in [6, 6.07) is 9.20. The van der Waals surface area contributed by atoms with Crippen LogP contribution < -0.4 is 0 Å².